The molecule has 4 heteroatoms. The lowest BCUT2D eigenvalue weighted by Crippen LogP contribution is -2.27. The molecule has 0 unspecified atom stereocenters. The summed E-state index contributed by atoms with van der Waals surface area (Å²) in [5.41, 5.74) is -0.176. The molecule has 108 valence electrons. The molecule has 0 aliphatic rings. The van der Waals surface area contributed by atoms with Crippen molar-refractivity contribution in [3.8, 4) is 5.88 Å². The van der Waals surface area contributed by atoms with Crippen LogP contribution in [-0.2, 0) is 4.74 Å². The van der Waals surface area contributed by atoms with Gasteiger partial charge in [0.2, 0.25) is 5.88 Å². The Morgan fingerprint density at radius 1 is 1.16 bits per heavy atom. The van der Waals surface area contributed by atoms with Gasteiger partial charge >= 0.3 is 0 Å². The van der Waals surface area contributed by atoms with Gasteiger partial charge in [0, 0.05) is 25.1 Å². The van der Waals surface area contributed by atoms with E-state index < -0.39 is 0 Å². The molecule has 0 bridgehead atoms. The van der Waals surface area contributed by atoms with Crippen LogP contribution in [0.1, 0.15) is 41.0 Å². The topological polar surface area (TPSA) is 43.4 Å². The lowest BCUT2D eigenvalue weighted by atomic mass is 10.1. The summed E-state index contributed by atoms with van der Waals surface area (Å²) in [7, 11) is 1.71. The molecule has 0 aliphatic heterocycles. The third-order valence-corrected chi connectivity index (χ3v) is 2.73. The van der Waals surface area contributed by atoms with Gasteiger partial charge in [-0.15, -0.1) is 0 Å². The van der Waals surface area contributed by atoms with Crippen molar-refractivity contribution in [2.45, 2.75) is 52.2 Å². The highest BCUT2D eigenvalue weighted by atomic mass is 16.5. The van der Waals surface area contributed by atoms with E-state index in [2.05, 4.69) is 31.1 Å². The molecular formula is C15H26N2O2. The van der Waals surface area contributed by atoms with Crippen molar-refractivity contribution in [1.82, 2.24) is 4.98 Å². The minimum absolute atomic E-state index is 0.0103. The van der Waals surface area contributed by atoms with Crippen LogP contribution in [0.2, 0.25) is 0 Å². The number of aromatic nitrogens is 1. The maximum atomic E-state index is 5.67. The maximum Gasteiger partial charge on any atom is 0.215 e. The van der Waals surface area contributed by atoms with E-state index in [-0.39, 0.29) is 11.1 Å². The standard InChI is InChI=1S/C15H26N2O2/c1-14(2,3)17-12-8-7-9-13(16-12)19-11-10-15(4,5)18-6/h7-9H,10-11H2,1-6H3,(H,16,17). The van der Waals surface area contributed by atoms with Crippen LogP contribution in [0.3, 0.4) is 0 Å². The van der Waals surface area contributed by atoms with Crippen molar-refractivity contribution >= 4 is 5.82 Å². The first-order valence-electron chi connectivity index (χ1n) is 6.65. The van der Waals surface area contributed by atoms with Crippen LogP contribution in [0, 0.1) is 0 Å². The van der Waals surface area contributed by atoms with Gasteiger partial charge in [-0.3, -0.25) is 0 Å². The van der Waals surface area contributed by atoms with Gasteiger partial charge < -0.3 is 14.8 Å². The molecule has 1 N–H and O–H groups in total. The largest absolute Gasteiger partial charge is 0.477 e. The fourth-order valence-corrected chi connectivity index (χ4v) is 1.45. The van der Waals surface area contributed by atoms with Gasteiger partial charge in [-0.25, -0.2) is 0 Å². The number of rotatable bonds is 6. The molecule has 0 radical (unpaired) electrons. The molecule has 1 heterocycles. The van der Waals surface area contributed by atoms with Crippen LogP contribution in [0.15, 0.2) is 18.2 Å². The van der Waals surface area contributed by atoms with Gasteiger partial charge in [0.05, 0.1) is 12.2 Å². The van der Waals surface area contributed by atoms with E-state index >= 15 is 0 Å². The number of ether oxygens (including phenoxy) is 2. The number of anilines is 1. The van der Waals surface area contributed by atoms with Crippen LogP contribution in [0.5, 0.6) is 5.88 Å². The Balaban J connectivity index is 2.53. The summed E-state index contributed by atoms with van der Waals surface area (Å²) in [6.45, 7) is 11.0. The SMILES string of the molecule is COC(C)(C)CCOc1cccc(NC(C)(C)C)n1. The van der Waals surface area contributed by atoms with Gasteiger partial charge in [0.1, 0.15) is 5.82 Å². The zero-order chi connectivity index (χ0) is 14.5. The quantitative estimate of drug-likeness (QED) is 0.856. The van der Waals surface area contributed by atoms with Crippen molar-refractivity contribution in [3.05, 3.63) is 18.2 Å². The van der Waals surface area contributed by atoms with Gasteiger partial charge in [-0.2, -0.15) is 4.98 Å². The summed E-state index contributed by atoms with van der Waals surface area (Å²) in [5.74, 6) is 1.47. The average molecular weight is 266 g/mol. The normalized spacial score (nSPS) is 12.3. The number of hydrogen-bond acceptors (Lipinski definition) is 4. The Morgan fingerprint density at radius 2 is 1.84 bits per heavy atom. The van der Waals surface area contributed by atoms with E-state index in [1.165, 1.54) is 0 Å². The smallest absolute Gasteiger partial charge is 0.215 e. The monoisotopic (exact) mass is 266 g/mol. The molecule has 1 aromatic heterocycles. The van der Waals surface area contributed by atoms with E-state index in [0.29, 0.717) is 12.5 Å². The number of methoxy groups -OCH3 is 1. The molecule has 1 aromatic rings. The summed E-state index contributed by atoms with van der Waals surface area (Å²) >= 11 is 0. The molecular weight excluding hydrogens is 240 g/mol. The fraction of sp³-hybridized carbons (Fsp3) is 0.667. The summed E-state index contributed by atoms with van der Waals surface area (Å²) in [5, 5.41) is 3.32. The Labute approximate surface area is 116 Å². The second-order valence-corrected chi connectivity index (χ2v) is 6.30. The van der Waals surface area contributed by atoms with Crippen LogP contribution >= 0.6 is 0 Å². The van der Waals surface area contributed by atoms with Crippen molar-refractivity contribution in [2.75, 3.05) is 19.0 Å². The van der Waals surface area contributed by atoms with E-state index in [4.69, 9.17) is 9.47 Å². The first-order valence-corrected chi connectivity index (χ1v) is 6.65. The summed E-state index contributed by atoms with van der Waals surface area (Å²) < 4.78 is 11.0. The number of nitrogens with zero attached hydrogens (tertiary/aromatic N) is 1. The first kappa shape index (κ1) is 15.8. The highest BCUT2D eigenvalue weighted by Gasteiger charge is 2.16. The average Bonchev–Trinajstić information content (AvgIpc) is 2.27. The predicted molar refractivity (Wildman–Crippen MR) is 78.8 cm³/mol. The summed E-state index contributed by atoms with van der Waals surface area (Å²) in [4.78, 5) is 4.43. The van der Waals surface area contributed by atoms with Crippen LogP contribution in [0.25, 0.3) is 0 Å². The van der Waals surface area contributed by atoms with Crippen molar-refractivity contribution in [3.63, 3.8) is 0 Å². The third-order valence-electron chi connectivity index (χ3n) is 2.73. The molecule has 0 amide bonds. The minimum atomic E-state index is -0.165. The molecule has 0 spiro atoms. The minimum Gasteiger partial charge on any atom is -0.477 e. The summed E-state index contributed by atoms with van der Waals surface area (Å²) in [6, 6.07) is 5.75. The predicted octanol–water partition coefficient (Wildman–Crippen LogP) is 3.49. The van der Waals surface area contributed by atoms with Crippen molar-refractivity contribution < 1.29 is 9.47 Å². The second-order valence-electron chi connectivity index (χ2n) is 6.30. The molecule has 0 fully saturated rings. The number of hydrogen-bond donors (Lipinski definition) is 1. The number of nitrogens with one attached hydrogen (secondary N) is 1. The van der Waals surface area contributed by atoms with Gasteiger partial charge in [-0.05, 0) is 40.7 Å². The Kier molecular flexibility index (Phi) is 5.18. The molecule has 0 saturated carbocycles. The van der Waals surface area contributed by atoms with Gasteiger partial charge in [0.15, 0.2) is 0 Å². The molecule has 4 nitrogen and oxygen atoms in total. The second kappa shape index (κ2) is 6.24. The Bertz CT molecular complexity index is 397. The van der Waals surface area contributed by atoms with E-state index in [1.807, 2.05) is 32.0 Å². The van der Waals surface area contributed by atoms with Crippen molar-refractivity contribution in [1.29, 1.82) is 0 Å². The zero-order valence-electron chi connectivity index (χ0n) is 12.9. The van der Waals surface area contributed by atoms with Gasteiger partial charge in [-0.1, -0.05) is 6.07 Å². The zero-order valence-corrected chi connectivity index (χ0v) is 12.9. The molecule has 0 aromatic carbocycles. The lowest BCUT2D eigenvalue weighted by molar-refractivity contribution is 0.00510. The maximum absolute atomic E-state index is 5.67. The highest BCUT2D eigenvalue weighted by molar-refractivity contribution is 5.39. The first-order chi connectivity index (χ1) is 8.72. The van der Waals surface area contributed by atoms with Crippen LogP contribution in [-0.4, -0.2) is 29.8 Å². The van der Waals surface area contributed by atoms with Crippen molar-refractivity contribution in [2.24, 2.45) is 0 Å². The van der Waals surface area contributed by atoms with E-state index in [0.717, 1.165) is 12.2 Å². The molecule has 0 atom stereocenters. The number of pyridine rings is 1. The fourth-order valence-electron chi connectivity index (χ4n) is 1.45. The molecule has 19 heavy (non-hydrogen) atoms. The third kappa shape index (κ3) is 6.43. The highest BCUT2D eigenvalue weighted by Crippen LogP contribution is 2.17. The lowest BCUT2D eigenvalue weighted by Gasteiger charge is -2.23. The Hall–Kier alpha value is -1.29. The van der Waals surface area contributed by atoms with Crippen LogP contribution in [0.4, 0.5) is 5.82 Å². The van der Waals surface area contributed by atoms with E-state index in [9.17, 15) is 0 Å². The van der Waals surface area contributed by atoms with Crippen LogP contribution < -0.4 is 10.1 Å². The summed E-state index contributed by atoms with van der Waals surface area (Å²) in [6.07, 6.45) is 0.822. The molecule has 1 rings (SSSR count). The van der Waals surface area contributed by atoms with Gasteiger partial charge in [0.25, 0.3) is 0 Å². The van der Waals surface area contributed by atoms with E-state index in [1.54, 1.807) is 7.11 Å². The Morgan fingerprint density at radius 3 is 2.42 bits per heavy atom. The molecule has 0 aliphatic carbocycles. The molecule has 0 saturated heterocycles.